The maximum absolute atomic E-state index is 13.0. The zero-order valence-electron chi connectivity index (χ0n) is 14.1. The van der Waals surface area contributed by atoms with E-state index in [0.29, 0.717) is 31.1 Å². The number of aliphatic hydroxyl groups is 1. The smallest absolute Gasteiger partial charge is 0.225 e. The van der Waals surface area contributed by atoms with E-state index in [1.807, 2.05) is 30.3 Å². The number of nitrogens with one attached hydrogen (secondary N) is 1. The molecule has 2 aromatic rings. The van der Waals surface area contributed by atoms with Gasteiger partial charge >= 0.3 is 0 Å². The van der Waals surface area contributed by atoms with Gasteiger partial charge in [0.15, 0.2) is 0 Å². The van der Waals surface area contributed by atoms with Gasteiger partial charge in [0.1, 0.15) is 5.82 Å². The second kappa shape index (κ2) is 8.23. The first-order valence-corrected chi connectivity index (χ1v) is 8.64. The number of nitrogens with zero attached hydrogens (tertiary/aromatic N) is 1. The van der Waals surface area contributed by atoms with Crippen molar-refractivity contribution in [3.63, 3.8) is 0 Å². The highest BCUT2D eigenvalue weighted by atomic mass is 19.1. The highest BCUT2D eigenvalue weighted by molar-refractivity contribution is 5.90. The molecule has 1 aliphatic rings. The predicted octanol–water partition coefficient (Wildman–Crippen LogP) is 3.35. The Labute approximate surface area is 147 Å². The van der Waals surface area contributed by atoms with Crippen molar-refractivity contribution in [1.82, 2.24) is 4.90 Å². The Kier molecular flexibility index (Phi) is 5.79. The summed E-state index contributed by atoms with van der Waals surface area (Å²) in [6.07, 6.45) is 1.88. The van der Waals surface area contributed by atoms with Gasteiger partial charge in [0, 0.05) is 31.2 Å². The number of carbonyl (C=O) groups is 1. The first-order valence-electron chi connectivity index (χ1n) is 8.64. The Morgan fingerprint density at radius 2 is 1.84 bits per heavy atom. The summed E-state index contributed by atoms with van der Waals surface area (Å²) in [6.45, 7) is 1.05. The summed E-state index contributed by atoms with van der Waals surface area (Å²) in [5.41, 5.74) is 1.48. The number of amides is 1. The molecule has 5 heteroatoms. The lowest BCUT2D eigenvalue weighted by molar-refractivity contribution is -0.116. The molecule has 2 aromatic carbocycles. The van der Waals surface area contributed by atoms with Gasteiger partial charge in [0.2, 0.25) is 5.91 Å². The van der Waals surface area contributed by atoms with E-state index in [1.54, 1.807) is 12.1 Å². The first-order chi connectivity index (χ1) is 12.1. The fourth-order valence-electron chi connectivity index (χ4n) is 2.87. The molecule has 1 atom stereocenters. The van der Waals surface area contributed by atoms with E-state index in [-0.39, 0.29) is 11.7 Å². The summed E-state index contributed by atoms with van der Waals surface area (Å²) in [4.78, 5) is 14.3. The number of aliphatic hydroxyl groups excluding tert-OH is 1. The largest absolute Gasteiger partial charge is 0.387 e. The Hall–Kier alpha value is -2.24. The molecule has 0 spiro atoms. The lowest BCUT2D eigenvalue weighted by atomic mass is 10.1. The van der Waals surface area contributed by atoms with Crippen molar-refractivity contribution < 1.29 is 14.3 Å². The lowest BCUT2D eigenvalue weighted by Crippen LogP contribution is -2.33. The monoisotopic (exact) mass is 342 g/mol. The lowest BCUT2D eigenvalue weighted by Gasteiger charge is -2.25. The Morgan fingerprint density at radius 3 is 2.48 bits per heavy atom. The molecular weight excluding hydrogens is 319 g/mol. The highest BCUT2D eigenvalue weighted by Gasteiger charge is 2.30. The van der Waals surface area contributed by atoms with Crippen molar-refractivity contribution >= 4 is 11.6 Å². The molecule has 0 saturated heterocycles. The number of hydrogen-bond donors (Lipinski definition) is 2. The molecule has 2 N–H and O–H groups in total. The third kappa shape index (κ3) is 5.37. The van der Waals surface area contributed by atoms with Crippen LogP contribution in [0.5, 0.6) is 0 Å². The quantitative estimate of drug-likeness (QED) is 0.773. The normalized spacial score (nSPS) is 15.2. The third-order valence-corrected chi connectivity index (χ3v) is 4.41. The van der Waals surface area contributed by atoms with Crippen LogP contribution in [0, 0.1) is 5.82 Å². The van der Waals surface area contributed by atoms with Crippen molar-refractivity contribution in [3.8, 4) is 0 Å². The van der Waals surface area contributed by atoms with Gasteiger partial charge in [-0.15, -0.1) is 0 Å². The zero-order chi connectivity index (χ0) is 17.6. The van der Waals surface area contributed by atoms with Crippen molar-refractivity contribution in [2.75, 3.05) is 18.4 Å². The molecule has 0 radical (unpaired) electrons. The molecule has 1 aliphatic carbocycles. The second-order valence-electron chi connectivity index (χ2n) is 6.46. The van der Waals surface area contributed by atoms with Gasteiger partial charge in [-0.2, -0.15) is 0 Å². The molecule has 1 saturated carbocycles. The van der Waals surface area contributed by atoms with Crippen molar-refractivity contribution in [2.45, 2.75) is 31.4 Å². The summed E-state index contributed by atoms with van der Waals surface area (Å²) >= 11 is 0. The maximum atomic E-state index is 13.0. The molecule has 0 heterocycles. The fraction of sp³-hybridized carbons (Fsp3) is 0.350. The SMILES string of the molecule is O=C(CCN(CC(O)c1ccc(F)cc1)C1CC1)Nc1ccccc1. The molecule has 1 unspecified atom stereocenters. The topological polar surface area (TPSA) is 52.6 Å². The molecule has 132 valence electrons. The molecule has 3 rings (SSSR count). The van der Waals surface area contributed by atoms with Gasteiger partial charge in [0.05, 0.1) is 6.10 Å². The summed E-state index contributed by atoms with van der Waals surface area (Å²) < 4.78 is 13.0. The molecule has 4 nitrogen and oxygen atoms in total. The van der Waals surface area contributed by atoms with Gasteiger partial charge in [0.25, 0.3) is 0 Å². The molecule has 0 aromatic heterocycles. The van der Waals surface area contributed by atoms with Crippen molar-refractivity contribution in [1.29, 1.82) is 0 Å². The van der Waals surface area contributed by atoms with Crippen LogP contribution in [0.4, 0.5) is 10.1 Å². The van der Waals surface area contributed by atoms with Crippen LogP contribution in [-0.4, -0.2) is 35.0 Å². The van der Waals surface area contributed by atoms with Crippen LogP contribution in [0.1, 0.15) is 30.9 Å². The summed E-state index contributed by atoms with van der Waals surface area (Å²) in [5.74, 6) is -0.347. The number of benzene rings is 2. The minimum Gasteiger partial charge on any atom is -0.387 e. The number of halogens is 1. The Bertz CT molecular complexity index is 687. The maximum Gasteiger partial charge on any atom is 0.225 e. The minimum atomic E-state index is -0.682. The van der Waals surface area contributed by atoms with Crippen LogP contribution in [-0.2, 0) is 4.79 Å². The predicted molar refractivity (Wildman–Crippen MR) is 95.6 cm³/mol. The first kappa shape index (κ1) is 17.6. The van der Waals surface area contributed by atoms with Gasteiger partial charge in [-0.05, 0) is 42.7 Å². The average molecular weight is 342 g/mol. The molecular formula is C20H23FN2O2. The standard InChI is InChI=1S/C20H23FN2O2/c21-16-8-6-15(7-9-16)19(24)14-23(18-10-11-18)13-12-20(25)22-17-4-2-1-3-5-17/h1-9,18-19,24H,10-14H2,(H,22,25). The van der Waals surface area contributed by atoms with E-state index in [0.717, 1.165) is 18.5 Å². The van der Waals surface area contributed by atoms with Gasteiger partial charge < -0.3 is 10.4 Å². The van der Waals surface area contributed by atoms with Crippen molar-refractivity contribution in [3.05, 3.63) is 66.0 Å². The summed E-state index contributed by atoms with van der Waals surface area (Å²) in [6, 6.07) is 15.7. The van der Waals surface area contributed by atoms with E-state index < -0.39 is 6.10 Å². The van der Waals surface area contributed by atoms with Crippen LogP contribution in [0.3, 0.4) is 0 Å². The summed E-state index contributed by atoms with van der Waals surface area (Å²) in [5, 5.41) is 13.3. The van der Waals surface area contributed by atoms with E-state index in [1.165, 1.54) is 12.1 Å². The number of rotatable bonds is 8. The molecule has 1 amide bonds. The number of para-hydroxylation sites is 1. The van der Waals surface area contributed by atoms with E-state index >= 15 is 0 Å². The van der Waals surface area contributed by atoms with Gasteiger partial charge in [-0.3, -0.25) is 9.69 Å². The highest BCUT2D eigenvalue weighted by Crippen LogP contribution is 2.29. The second-order valence-corrected chi connectivity index (χ2v) is 6.46. The minimum absolute atomic E-state index is 0.0341. The van der Waals surface area contributed by atoms with E-state index in [2.05, 4.69) is 10.2 Å². The molecule has 1 fully saturated rings. The number of anilines is 1. The van der Waals surface area contributed by atoms with Crippen LogP contribution in [0.15, 0.2) is 54.6 Å². The molecule has 25 heavy (non-hydrogen) atoms. The fourth-order valence-corrected chi connectivity index (χ4v) is 2.87. The van der Waals surface area contributed by atoms with Crippen LogP contribution < -0.4 is 5.32 Å². The van der Waals surface area contributed by atoms with Crippen LogP contribution in [0.2, 0.25) is 0 Å². The van der Waals surface area contributed by atoms with E-state index in [4.69, 9.17) is 0 Å². The zero-order valence-corrected chi connectivity index (χ0v) is 14.1. The van der Waals surface area contributed by atoms with E-state index in [9.17, 15) is 14.3 Å². The van der Waals surface area contributed by atoms with Gasteiger partial charge in [-0.1, -0.05) is 30.3 Å². The van der Waals surface area contributed by atoms with Crippen molar-refractivity contribution in [2.24, 2.45) is 0 Å². The molecule has 0 aliphatic heterocycles. The third-order valence-electron chi connectivity index (χ3n) is 4.41. The number of hydrogen-bond acceptors (Lipinski definition) is 3. The van der Waals surface area contributed by atoms with Crippen LogP contribution >= 0.6 is 0 Å². The summed E-state index contributed by atoms with van der Waals surface area (Å²) in [7, 11) is 0. The molecule has 0 bridgehead atoms. The average Bonchev–Trinajstić information content (AvgIpc) is 3.45. The Morgan fingerprint density at radius 1 is 1.16 bits per heavy atom. The Balaban J connectivity index is 1.51. The number of carbonyl (C=O) groups excluding carboxylic acids is 1. The van der Waals surface area contributed by atoms with Crippen LogP contribution in [0.25, 0.3) is 0 Å². The van der Waals surface area contributed by atoms with Gasteiger partial charge in [-0.25, -0.2) is 4.39 Å².